The third-order valence-corrected chi connectivity index (χ3v) is 1.45. The lowest BCUT2D eigenvalue weighted by atomic mass is 10.2. The van der Waals surface area contributed by atoms with Crippen molar-refractivity contribution in [1.82, 2.24) is 0 Å². The highest BCUT2D eigenvalue weighted by Gasteiger charge is 2.36. The first-order valence-corrected chi connectivity index (χ1v) is 2.66. The summed E-state index contributed by atoms with van der Waals surface area (Å²) in [5.74, 6) is -2.70. The van der Waals surface area contributed by atoms with Crippen LogP contribution in [0, 0.1) is 0 Å². The summed E-state index contributed by atoms with van der Waals surface area (Å²) in [5.41, 5.74) is 9.44. The standard InChI is InChI=1S/C5H8F2N2/c6-3-1-2-5(7,9)4(3)8/h1-2,8-9H2. The van der Waals surface area contributed by atoms with Crippen LogP contribution in [-0.2, 0) is 0 Å². The van der Waals surface area contributed by atoms with Crippen LogP contribution >= 0.6 is 0 Å². The van der Waals surface area contributed by atoms with Crippen LogP contribution in [0.3, 0.4) is 0 Å². The Morgan fingerprint density at radius 3 is 2.22 bits per heavy atom. The first kappa shape index (κ1) is 6.48. The van der Waals surface area contributed by atoms with Gasteiger partial charge < -0.3 is 5.73 Å². The molecule has 1 unspecified atom stereocenters. The first-order chi connectivity index (χ1) is 4.04. The van der Waals surface area contributed by atoms with Gasteiger partial charge in [0.25, 0.3) is 0 Å². The Morgan fingerprint density at radius 1 is 1.56 bits per heavy atom. The molecule has 0 aliphatic heterocycles. The molecule has 2 nitrogen and oxygen atoms in total. The summed E-state index contributed by atoms with van der Waals surface area (Å²) in [4.78, 5) is 0. The third-order valence-electron chi connectivity index (χ3n) is 1.45. The van der Waals surface area contributed by atoms with Crippen molar-refractivity contribution in [1.29, 1.82) is 0 Å². The van der Waals surface area contributed by atoms with Crippen LogP contribution in [0.4, 0.5) is 8.78 Å². The number of hydrogen-bond donors (Lipinski definition) is 2. The molecule has 0 fully saturated rings. The maximum absolute atomic E-state index is 12.6. The number of halogens is 2. The van der Waals surface area contributed by atoms with Gasteiger partial charge in [0.15, 0.2) is 0 Å². The highest BCUT2D eigenvalue weighted by atomic mass is 19.2. The van der Waals surface area contributed by atoms with E-state index >= 15 is 0 Å². The Kier molecular flexibility index (Phi) is 1.20. The van der Waals surface area contributed by atoms with Crippen LogP contribution < -0.4 is 11.5 Å². The van der Waals surface area contributed by atoms with Gasteiger partial charge in [0, 0.05) is 12.8 Å². The Morgan fingerprint density at radius 2 is 2.11 bits per heavy atom. The fourth-order valence-electron chi connectivity index (χ4n) is 0.786. The maximum atomic E-state index is 12.6. The van der Waals surface area contributed by atoms with Crippen LogP contribution in [0.15, 0.2) is 11.5 Å². The zero-order valence-electron chi connectivity index (χ0n) is 4.82. The molecule has 4 N–H and O–H groups in total. The van der Waals surface area contributed by atoms with Crippen molar-refractivity contribution in [3.8, 4) is 0 Å². The number of allylic oxidation sites excluding steroid dienone is 1. The van der Waals surface area contributed by atoms with Crippen LogP contribution in [-0.4, -0.2) is 5.79 Å². The van der Waals surface area contributed by atoms with E-state index in [1.165, 1.54) is 0 Å². The molecule has 52 valence electrons. The second-order valence-corrected chi connectivity index (χ2v) is 2.18. The molecule has 0 saturated heterocycles. The van der Waals surface area contributed by atoms with Gasteiger partial charge in [0.05, 0.1) is 5.70 Å². The molecular weight excluding hydrogens is 126 g/mol. The molecule has 9 heavy (non-hydrogen) atoms. The van der Waals surface area contributed by atoms with Crippen LogP contribution in [0.2, 0.25) is 0 Å². The second-order valence-electron chi connectivity index (χ2n) is 2.18. The Labute approximate surface area is 51.5 Å². The lowest BCUT2D eigenvalue weighted by Crippen LogP contribution is -2.37. The largest absolute Gasteiger partial charge is 0.396 e. The molecule has 0 saturated carbocycles. The summed E-state index contributed by atoms with van der Waals surface area (Å²) >= 11 is 0. The van der Waals surface area contributed by atoms with Gasteiger partial charge >= 0.3 is 0 Å². The first-order valence-electron chi connectivity index (χ1n) is 2.66. The van der Waals surface area contributed by atoms with Gasteiger partial charge in [0.1, 0.15) is 5.83 Å². The fourth-order valence-corrected chi connectivity index (χ4v) is 0.786. The van der Waals surface area contributed by atoms with Crippen LogP contribution in [0.1, 0.15) is 12.8 Å². The minimum Gasteiger partial charge on any atom is -0.396 e. The van der Waals surface area contributed by atoms with Crippen molar-refractivity contribution >= 4 is 0 Å². The van der Waals surface area contributed by atoms with E-state index in [4.69, 9.17) is 11.5 Å². The minimum atomic E-state index is -2.09. The molecule has 4 heteroatoms. The summed E-state index contributed by atoms with van der Waals surface area (Å²) in [5, 5.41) is 0. The lowest BCUT2D eigenvalue weighted by molar-refractivity contribution is 0.220. The molecule has 0 aromatic rings. The van der Waals surface area contributed by atoms with Gasteiger partial charge in [0.2, 0.25) is 5.79 Å². The Bertz CT molecular complexity index is 162. The molecule has 1 atom stereocenters. The molecule has 1 rings (SSSR count). The number of rotatable bonds is 0. The smallest absolute Gasteiger partial charge is 0.202 e. The monoisotopic (exact) mass is 134 g/mol. The molecule has 0 bridgehead atoms. The molecule has 0 spiro atoms. The highest BCUT2D eigenvalue weighted by Crippen LogP contribution is 2.31. The number of alkyl halides is 1. The molecule has 0 aromatic carbocycles. The van der Waals surface area contributed by atoms with Gasteiger partial charge in [-0.05, 0) is 0 Å². The molecule has 0 heterocycles. The summed E-state index contributed by atoms with van der Waals surface area (Å²) in [6.07, 6.45) is -0.0104. The normalized spacial score (nSPS) is 35.9. The van der Waals surface area contributed by atoms with Crippen molar-refractivity contribution in [3.63, 3.8) is 0 Å². The van der Waals surface area contributed by atoms with E-state index in [-0.39, 0.29) is 12.8 Å². The van der Waals surface area contributed by atoms with Crippen molar-refractivity contribution in [2.75, 3.05) is 0 Å². The lowest BCUT2D eigenvalue weighted by Gasteiger charge is -2.12. The molecular formula is C5H8F2N2. The maximum Gasteiger partial charge on any atom is 0.202 e. The summed E-state index contributed by atoms with van der Waals surface area (Å²) < 4.78 is 24.9. The van der Waals surface area contributed by atoms with Gasteiger partial charge in [-0.3, -0.25) is 5.73 Å². The van der Waals surface area contributed by atoms with Gasteiger partial charge in [-0.15, -0.1) is 0 Å². The van der Waals surface area contributed by atoms with Gasteiger partial charge in [-0.1, -0.05) is 0 Å². The third kappa shape index (κ3) is 0.896. The Balaban J connectivity index is 2.88. The number of nitrogens with two attached hydrogens (primary N) is 2. The molecule has 0 amide bonds. The average Bonchev–Trinajstić information content (AvgIpc) is 1.97. The zero-order chi connectivity index (χ0) is 7.07. The SMILES string of the molecule is NC1=C(F)CCC1(N)F. The van der Waals surface area contributed by atoms with Crippen molar-refractivity contribution in [2.24, 2.45) is 11.5 Å². The van der Waals surface area contributed by atoms with E-state index in [1.54, 1.807) is 0 Å². The summed E-state index contributed by atoms with van der Waals surface area (Å²) in [7, 11) is 0. The minimum absolute atomic E-state index is 0.0266. The van der Waals surface area contributed by atoms with Gasteiger partial charge in [-0.2, -0.15) is 0 Å². The second kappa shape index (κ2) is 1.67. The van der Waals surface area contributed by atoms with Crippen molar-refractivity contribution in [2.45, 2.75) is 18.6 Å². The fraction of sp³-hybridized carbons (Fsp3) is 0.600. The molecule has 1 aliphatic carbocycles. The zero-order valence-corrected chi connectivity index (χ0v) is 4.82. The predicted molar refractivity (Wildman–Crippen MR) is 29.6 cm³/mol. The van der Waals surface area contributed by atoms with E-state index in [0.29, 0.717) is 0 Å². The number of hydrogen-bond acceptors (Lipinski definition) is 2. The summed E-state index contributed by atoms with van der Waals surface area (Å²) in [6, 6.07) is 0. The topological polar surface area (TPSA) is 52.0 Å². The van der Waals surface area contributed by atoms with Crippen LogP contribution in [0.25, 0.3) is 0 Å². The van der Waals surface area contributed by atoms with E-state index in [0.717, 1.165) is 0 Å². The van der Waals surface area contributed by atoms with E-state index < -0.39 is 17.3 Å². The van der Waals surface area contributed by atoms with Crippen molar-refractivity contribution in [3.05, 3.63) is 11.5 Å². The predicted octanol–water partition coefficient (Wildman–Crippen LogP) is 0.545. The van der Waals surface area contributed by atoms with E-state index in [1.807, 2.05) is 0 Å². The molecule has 0 aromatic heterocycles. The highest BCUT2D eigenvalue weighted by molar-refractivity contribution is 5.21. The van der Waals surface area contributed by atoms with Gasteiger partial charge in [-0.25, -0.2) is 8.78 Å². The van der Waals surface area contributed by atoms with Crippen molar-refractivity contribution < 1.29 is 8.78 Å². The quantitative estimate of drug-likeness (QED) is 0.475. The van der Waals surface area contributed by atoms with E-state index in [2.05, 4.69) is 0 Å². The van der Waals surface area contributed by atoms with Crippen LogP contribution in [0.5, 0.6) is 0 Å². The average molecular weight is 134 g/mol. The Hall–Kier alpha value is -0.640. The summed E-state index contributed by atoms with van der Waals surface area (Å²) in [6.45, 7) is 0. The molecule has 0 radical (unpaired) electrons. The molecule has 1 aliphatic rings. The van der Waals surface area contributed by atoms with E-state index in [9.17, 15) is 8.78 Å².